The van der Waals surface area contributed by atoms with E-state index in [2.05, 4.69) is 25.4 Å². The third kappa shape index (κ3) is 4.47. The van der Waals surface area contributed by atoms with E-state index in [-0.39, 0.29) is 5.56 Å². The van der Waals surface area contributed by atoms with Crippen LogP contribution in [0, 0.1) is 6.92 Å². The Morgan fingerprint density at radius 1 is 1.13 bits per heavy atom. The number of anilines is 2. The fourth-order valence-corrected chi connectivity index (χ4v) is 3.44. The first-order chi connectivity index (χ1) is 14.7. The average molecular weight is 434 g/mol. The fourth-order valence-electron chi connectivity index (χ4n) is 3.44. The van der Waals surface area contributed by atoms with Crippen LogP contribution in [-0.4, -0.2) is 46.6 Å². The molecule has 11 heteroatoms. The van der Waals surface area contributed by atoms with Crippen molar-refractivity contribution in [1.29, 1.82) is 0 Å². The molecule has 1 aliphatic rings. The number of morpholine rings is 1. The number of halogens is 3. The summed E-state index contributed by atoms with van der Waals surface area (Å²) < 4.78 is 44.7. The van der Waals surface area contributed by atoms with Crippen molar-refractivity contribution in [2.75, 3.05) is 36.5 Å². The summed E-state index contributed by atoms with van der Waals surface area (Å²) in [6, 6.07) is 4.57. The van der Waals surface area contributed by atoms with Crippen LogP contribution in [0.15, 0.2) is 30.5 Å². The summed E-state index contributed by atoms with van der Waals surface area (Å²) in [4.78, 5) is 6.58. The van der Waals surface area contributed by atoms with Gasteiger partial charge in [0, 0.05) is 30.1 Å². The maximum atomic E-state index is 13.1. The third-order valence-electron chi connectivity index (χ3n) is 5.09. The van der Waals surface area contributed by atoms with E-state index < -0.39 is 23.7 Å². The number of nitrogens with two attached hydrogens (primary N) is 1. The number of phenolic OH excluding ortho intramolecular Hbond substituents is 1. The summed E-state index contributed by atoms with van der Waals surface area (Å²) >= 11 is 0. The number of alkyl halides is 3. The van der Waals surface area contributed by atoms with Crippen molar-refractivity contribution in [2.45, 2.75) is 19.3 Å². The Morgan fingerprint density at radius 3 is 2.58 bits per heavy atom. The van der Waals surface area contributed by atoms with E-state index in [9.17, 15) is 18.3 Å². The van der Waals surface area contributed by atoms with Gasteiger partial charge in [-0.15, -0.1) is 5.10 Å². The van der Waals surface area contributed by atoms with Crippen LogP contribution in [0.25, 0.3) is 10.8 Å². The maximum Gasteiger partial charge on any atom is 0.416 e. The Labute approximate surface area is 175 Å². The number of aromatic nitrogens is 3. The van der Waals surface area contributed by atoms with Gasteiger partial charge >= 0.3 is 6.18 Å². The van der Waals surface area contributed by atoms with E-state index in [1.165, 1.54) is 6.07 Å². The lowest BCUT2D eigenvalue weighted by Gasteiger charge is -2.28. The summed E-state index contributed by atoms with van der Waals surface area (Å²) in [6.45, 7) is 4.38. The van der Waals surface area contributed by atoms with Crippen LogP contribution in [-0.2, 0) is 10.9 Å². The van der Waals surface area contributed by atoms with Gasteiger partial charge in [-0.25, -0.2) is 4.98 Å². The minimum absolute atomic E-state index is 0.0605. The lowest BCUT2D eigenvalue weighted by molar-refractivity contribution is -0.137. The molecule has 0 bridgehead atoms. The van der Waals surface area contributed by atoms with Crippen LogP contribution >= 0.6 is 0 Å². The molecule has 0 unspecified atom stereocenters. The van der Waals surface area contributed by atoms with Crippen LogP contribution in [0.3, 0.4) is 0 Å². The number of phenols is 1. The number of nitrogens with zero attached hydrogens (tertiary/aromatic N) is 4. The van der Waals surface area contributed by atoms with Crippen LogP contribution in [0.5, 0.6) is 5.75 Å². The molecule has 164 valence electrons. The van der Waals surface area contributed by atoms with E-state index in [4.69, 9.17) is 10.5 Å². The number of benzene rings is 1. The lowest BCUT2D eigenvalue weighted by atomic mass is 10.1. The normalized spacial score (nSPS) is 15.8. The van der Waals surface area contributed by atoms with E-state index in [0.717, 1.165) is 17.3 Å². The zero-order chi connectivity index (χ0) is 22.2. The van der Waals surface area contributed by atoms with Crippen LogP contribution < -0.4 is 16.0 Å². The molecule has 8 nitrogen and oxygen atoms in total. The summed E-state index contributed by atoms with van der Waals surface area (Å²) in [5, 5.41) is 22.3. The van der Waals surface area contributed by atoms with Gasteiger partial charge in [-0.05, 0) is 36.8 Å². The van der Waals surface area contributed by atoms with Gasteiger partial charge in [0.05, 0.1) is 24.5 Å². The number of nitrogens with one attached hydrogen (secondary N) is 1. The Morgan fingerprint density at radius 2 is 1.87 bits per heavy atom. The number of aryl methyl sites for hydroxylation is 1. The molecule has 1 saturated heterocycles. The Kier molecular flexibility index (Phi) is 5.54. The van der Waals surface area contributed by atoms with E-state index in [1.807, 2.05) is 6.07 Å². The molecule has 0 saturated carbocycles. The fraction of sp³-hybridized carbons (Fsp3) is 0.350. The molecule has 0 amide bonds. The largest absolute Gasteiger partial charge is 0.508 e. The standard InChI is InChI=1S/C20H21F3N6O2/c1-11-16-10-25-17(29-2-4-31-5-3-29)9-15(16)19(28-27-11)26-18(24)12-6-13(20(21,22)23)8-14(30)7-12/h6-10,18,30H,2-5,24H2,1H3,(H,26,28)/t18-/m0/s1. The zero-order valence-corrected chi connectivity index (χ0v) is 16.6. The van der Waals surface area contributed by atoms with Crippen molar-refractivity contribution in [3.63, 3.8) is 0 Å². The van der Waals surface area contributed by atoms with Gasteiger partial charge < -0.3 is 25.8 Å². The van der Waals surface area contributed by atoms with Crippen molar-refractivity contribution in [3.8, 4) is 5.75 Å². The molecule has 1 fully saturated rings. The summed E-state index contributed by atoms with van der Waals surface area (Å²) in [5.41, 5.74) is 5.85. The average Bonchev–Trinajstić information content (AvgIpc) is 2.75. The highest BCUT2D eigenvalue weighted by molar-refractivity contribution is 5.94. The van der Waals surface area contributed by atoms with Crippen molar-refractivity contribution < 1.29 is 23.0 Å². The third-order valence-corrected chi connectivity index (χ3v) is 5.09. The van der Waals surface area contributed by atoms with Gasteiger partial charge in [0.25, 0.3) is 0 Å². The molecular formula is C20H21F3N6O2. The van der Waals surface area contributed by atoms with Gasteiger partial charge in [-0.2, -0.15) is 18.3 Å². The monoisotopic (exact) mass is 434 g/mol. The van der Waals surface area contributed by atoms with Gasteiger partial charge in [0.1, 0.15) is 17.7 Å². The highest BCUT2D eigenvalue weighted by Gasteiger charge is 2.32. The lowest BCUT2D eigenvalue weighted by Crippen LogP contribution is -2.36. The van der Waals surface area contributed by atoms with Gasteiger partial charge in [-0.3, -0.25) is 0 Å². The molecular weight excluding hydrogens is 413 g/mol. The van der Waals surface area contributed by atoms with Crippen LogP contribution in [0.4, 0.5) is 24.8 Å². The number of ether oxygens (including phenoxy) is 1. The highest BCUT2D eigenvalue weighted by atomic mass is 19.4. The Bertz CT molecular complexity index is 1100. The molecule has 1 aromatic carbocycles. The molecule has 4 rings (SSSR count). The molecule has 2 aromatic heterocycles. The predicted molar refractivity (Wildman–Crippen MR) is 109 cm³/mol. The molecule has 3 aromatic rings. The molecule has 3 heterocycles. The first-order valence-electron chi connectivity index (χ1n) is 9.61. The van der Waals surface area contributed by atoms with Gasteiger partial charge in [-0.1, -0.05) is 0 Å². The number of fused-ring (bicyclic) bond motifs is 1. The van der Waals surface area contributed by atoms with Crippen molar-refractivity contribution >= 4 is 22.4 Å². The van der Waals surface area contributed by atoms with E-state index in [1.54, 1.807) is 13.1 Å². The zero-order valence-electron chi connectivity index (χ0n) is 16.6. The number of aromatic hydroxyl groups is 1. The summed E-state index contributed by atoms with van der Waals surface area (Å²) in [7, 11) is 0. The molecule has 1 atom stereocenters. The second kappa shape index (κ2) is 8.16. The topological polar surface area (TPSA) is 109 Å². The number of hydrogen-bond acceptors (Lipinski definition) is 8. The van der Waals surface area contributed by atoms with Crippen molar-refractivity contribution in [2.24, 2.45) is 5.73 Å². The van der Waals surface area contributed by atoms with Crippen LogP contribution in [0.1, 0.15) is 23.0 Å². The summed E-state index contributed by atoms with van der Waals surface area (Å²) in [5.74, 6) is 0.513. The Hall–Kier alpha value is -3.18. The van der Waals surface area contributed by atoms with Gasteiger partial charge in [0.15, 0.2) is 5.82 Å². The minimum atomic E-state index is -4.61. The van der Waals surface area contributed by atoms with Crippen molar-refractivity contribution in [1.82, 2.24) is 15.2 Å². The molecule has 0 aliphatic carbocycles. The number of pyridine rings is 1. The van der Waals surface area contributed by atoms with Gasteiger partial charge in [0.2, 0.25) is 0 Å². The highest BCUT2D eigenvalue weighted by Crippen LogP contribution is 2.34. The van der Waals surface area contributed by atoms with Crippen LogP contribution in [0.2, 0.25) is 0 Å². The van der Waals surface area contributed by atoms with E-state index in [0.29, 0.717) is 49.3 Å². The van der Waals surface area contributed by atoms with E-state index >= 15 is 0 Å². The molecule has 31 heavy (non-hydrogen) atoms. The second-order valence-electron chi connectivity index (χ2n) is 7.25. The SMILES string of the molecule is Cc1nnc(N[C@H](N)c2cc(O)cc(C(F)(F)F)c2)c2cc(N3CCOCC3)ncc12. The molecule has 1 aliphatic heterocycles. The number of rotatable bonds is 4. The molecule has 0 spiro atoms. The second-order valence-corrected chi connectivity index (χ2v) is 7.25. The molecule has 0 radical (unpaired) electrons. The first kappa shape index (κ1) is 21.1. The predicted octanol–water partition coefficient (Wildman–Crippen LogP) is 2.96. The Balaban J connectivity index is 1.69. The number of hydrogen-bond donors (Lipinski definition) is 3. The quantitative estimate of drug-likeness (QED) is 0.538. The first-order valence-corrected chi connectivity index (χ1v) is 9.61. The summed E-state index contributed by atoms with van der Waals surface area (Å²) in [6.07, 6.45) is -3.98. The minimum Gasteiger partial charge on any atom is -0.508 e. The smallest absolute Gasteiger partial charge is 0.416 e. The maximum absolute atomic E-state index is 13.1. The molecule has 4 N–H and O–H groups in total. The van der Waals surface area contributed by atoms with Crippen molar-refractivity contribution in [3.05, 3.63) is 47.3 Å².